The van der Waals surface area contributed by atoms with E-state index in [-0.39, 0.29) is 12.6 Å². The maximum atomic E-state index is 12.0. The number of aliphatic hydroxyl groups excluding tert-OH is 1. The second-order valence-electron chi connectivity index (χ2n) is 5.58. The second kappa shape index (κ2) is 6.65. The highest BCUT2D eigenvalue weighted by Gasteiger charge is 2.35. The Balaban J connectivity index is 1.96. The number of amides is 2. The van der Waals surface area contributed by atoms with E-state index in [2.05, 4.69) is 20.6 Å². The molecule has 2 rings (SSSR count). The van der Waals surface area contributed by atoms with Gasteiger partial charge >= 0.3 is 6.03 Å². The SMILES string of the molecule is CC(CO)(NC(=O)Nc1ccncn1)C1CCCCC1. The lowest BCUT2D eigenvalue weighted by atomic mass is 9.76. The van der Waals surface area contributed by atoms with E-state index in [1.165, 1.54) is 12.7 Å². The number of rotatable bonds is 4. The summed E-state index contributed by atoms with van der Waals surface area (Å²) in [7, 11) is 0. The van der Waals surface area contributed by atoms with Gasteiger partial charge in [0.05, 0.1) is 12.1 Å². The highest BCUT2D eigenvalue weighted by atomic mass is 16.3. The van der Waals surface area contributed by atoms with Crippen molar-refractivity contribution in [2.75, 3.05) is 11.9 Å². The molecule has 1 heterocycles. The Hall–Kier alpha value is -1.69. The van der Waals surface area contributed by atoms with Crippen molar-refractivity contribution in [1.29, 1.82) is 0 Å². The van der Waals surface area contributed by atoms with Crippen LogP contribution in [-0.2, 0) is 0 Å². The molecule has 6 heteroatoms. The summed E-state index contributed by atoms with van der Waals surface area (Å²) in [5.41, 5.74) is -0.586. The van der Waals surface area contributed by atoms with Crippen molar-refractivity contribution in [3.05, 3.63) is 18.6 Å². The zero-order valence-electron chi connectivity index (χ0n) is 11.8. The van der Waals surface area contributed by atoms with Gasteiger partial charge < -0.3 is 10.4 Å². The lowest BCUT2D eigenvalue weighted by molar-refractivity contribution is 0.103. The van der Waals surface area contributed by atoms with Gasteiger partial charge in [0.25, 0.3) is 0 Å². The van der Waals surface area contributed by atoms with Crippen molar-refractivity contribution in [2.24, 2.45) is 5.92 Å². The van der Waals surface area contributed by atoms with Gasteiger partial charge in [-0.25, -0.2) is 14.8 Å². The highest BCUT2D eigenvalue weighted by molar-refractivity contribution is 5.88. The third-order valence-electron chi connectivity index (χ3n) is 4.06. The summed E-state index contributed by atoms with van der Waals surface area (Å²) in [5.74, 6) is 0.763. The molecule has 2 amide bonds. The number of nitrogens with zero attached hydrogens (tertiary/aromatic N) is 2. The standard InChI is InChI=1S/C14H22N4O2/c1-14(9-19,11-5-3-2-4-6-11)18-13(20)17-12-7-8-15-10-16-12/h7-8,10-11,19H,2-6,9H2,1H3,(H2,15,16,17,18,20). The molecule has 0 spiro atoms. The van der Waals surface area contributed by atoms with Crippen molar-refractivity contribution >= 4 is 11.8 Å². The Morgan fingerprint density at radius 2 is 2.20 bits per heavy atom. The van der Waals surface area contributed by atoms with E-state index in [0.717, 1.165) is 25.7 Å². The molecule has 1 atom stereocenters. The number of hydrogen-bond acceptors (Lipinski definition) is 4. The molecule has 0 radical (unpaired) electrons. The molecule has 0 aromatic carbocycles. The summed E-state index contributed by atoms with van der Waals surface area (Å²) in [6.45, 7) is 1.84. The number of aromatic nitrogens is 2. The van der Waals surface area contributed by atoms with E-state index in [4.69, 9.17) is 0 Å². The van der Waals surface area contributed by atoms with Crippen LogP contribution in [0.15, 0.2) is 18.6 Å². The van der Waals surface area contributed by atoms with Crippen LogP contribution in [0.4, 0.5) is 10.6 Å². The van der Waals surface area contributed by atoms with Crippen LogP contribution in [-0.4, -0.2) is 33.3 Å². The van der Waals surface area contributed by atoms with Crippen LogP contribution in [0.25, 0.3) is 0 Å². The third kappa shape index (κ3) is 3.66. The molecule has 1 aliphatic carbocycles. The first-order valence-electron chi connectivity index (χ1n) is 7.10. The molecule has 1 unspecified atom stereocenters. The Labute approximate surface area is 119 Å². The topological polar surface area (TPSA) is 87.1 Å². The van der Waals surface area contributed by atoms with Crippen molar-refractivity contribution < 1.29 is 9.90 Å². The quantitative estimate of drug-likeness (QED) is 0.785. The van der Waals surface area contributed by atoms with Gasteiger partial charge in [-0.2, -0.15) is 0 Å². The van der Waals surface area contributed by atoms with Gasteiger partial charge in [-0.1, -0.05) is 19.3 Å². The molecule has 1 aromatic rings. The summed E-state index contributed by atoms with van der Waals surface area (Å²) in [5, 5.41) is 15.2. The van der Waals surface area contributed by atoms with Crippen LogP contribution in [0.1, 0.15) is 39.0 Å². The molecule has 0 aliphatic heterocycles. The minimum absolute atomic E-state index is 0.0607. The normalized spacial score (nSPS) is 19.1. The highest BCUT2D eigenvalue weighted by Crippen LogP contribution is 2.32. The van der Waals surface area contributed by atoms with Gasteiger partial charge in [-0.05, 0) is 31.7 Å². The van der Waals surface area contributed by atoms with E-state index < -0.39 is 5.54 Å². The van der Waals surface area contributed by atoms with Crippen molar-refractivity contribution in [3.8, 4) is 0 Å². The van der Waals surface area contributed by atoms with Gasteiger partial charge in [0.15, 0.2) is 0 Å². The molecule has 1 fully saturated rings. The third-order valence-corrected chi connectivity index (χ3v) is 4.06. The minimum Gasteiger partial charge on any atom is -0.394 e. The van der Waals surface area contributed by atoms with E-state index in [1.807, 2.05) is 6.92 Å². The monoisotopic (exact) mass is 278 g/mol. The number of aliphatic hydroxyl groups is 1. The van der Waals surface area contributed by atoms with E-state index in [1.54, 1.807) is 12.3 Å². The maximum Gasteiger partial charge on any atom is 0.320 e. The van der Waals surface area contributed by atoms with Gasteiger partial charge in [0.2, 0.25) is 0 Å². The molecule has 0 bridgehead atoms. The predicted octanol–water partition coefficient (Wildman–Crippen LogP) is 1.93. The first kappa shape index (κ1) is 14.7. The summed E-state index contributed by atoms with van der Waals surface area (Å²) in [4.78, 5) is 19.8. The van der Waals surface area contributed by atoms with Gasteiger partial charge in [-0.15, -0.1) is 0 Å². The Morgan fingerprint density at radius 3 is 2.80 bits per heavy atom. The number of hydrogen-bond donors (Lipinski definition) is 3. The van der Waals surface area contributed by atoms with Crippen LogP contribution in [0.5, 0.6) is 0 Å². The first-order chi connectivity index (χ1) is 9.64. The number of anilines is 1. The molecule has 1 aliphatic rings. The van der Waals surface area contributed by atoms with Gasteiger partial charge in [0.1, 0.15) is 12.1 Å². The molecule has 1 saturated carbocycles. The number of carbonyl (C=O) groups is 1. The van der Waals surface area contributed by atoms with E-state index >= 15 is 0 Å². The van der Waals surface area contributed by atoms with Crippen molar-refractivity contribution in [2.45, 2.75) is 44.6 Å². The number of urea groups is 1. The molecule has 110 valence electrons. The fourth-order valence-corrected chi connectivity index (χ4v) is 2.78. The zero-order chi connectivity index (χ0) is 14.4. The lowest BCUT2D eigenvalue weighted by Crippen LogP contribution is -2.55. The number of carbonyl (C=O) groups excluding carboxylic acids is 1. The second-order valence-corrected chi connectivity index (χ2v) is 5.58. The van der Waals surface area contributed by atoms with Crippen LogP contribution < -0.4 is 10.6 Å². The maximum absolute atomic E-state index is 12.0. The molecule has 3 N–H and O–H groups in total. The molecule has 0 saturated heterocycles. The smallest absolute Gasteiger partial charge is 0.320 e. The van der Waals surface area contributed by atoms with Gasteiger partial charge in [0, 0.05) is 6.20 Å². The fraction of sp³-hybridized carbons (Fsp3) is 0.643. The number of nitrogens with one attached hydrogen (secondary N) is 2. The van der Waals surface area contributed by atoms with Crippen molar-refractivity contribution in [1.82, 2.24) is 15.3 Å². The minimum atomic E-state index is -0.586. The first-order valence-corrected chi connectivity index (χ1v) is 7.10. The van der Waals surface area contributed by atoms with Crippen LogP contribution >= 0.6 is 0 Å². The molecule has 6 nitrogen and oxygen atoms in total. The summed E-state index contributed by atoms with van der Waals surface area (Å²) in [6.07, 6.45) is 8.60. The summed E-state index contributed by atoms with van der Waals surface area (Å²) in [6, 6.07) is 1.28. The summed E-state index contributed by atoms with van der Waals surface area (Å²) < 4.78 is 0. The van der Waals surface area contributed by atoms with Crippen LogP contribution in [0.2, 0.25) is 0 Å². The largest absolute Gasteiger partial charge is 0.394 e. The Morgan fingerprint density at radius 1 is 1.45 bits per heavy atom. The predicted molar refractivity (Wildman–Crippen MR) is 76.3 cm³/mol. The molecular formula is C14H22N4O2. The van der Waals surface area contributed by atoms with E-state index in [0.29, 0.717) is 11.7 Å². The summed E-state index contributed by atoms with van der Waals surface area (Å²) >= 11 is 0. The fourth-order valence-electron chi connectivity index (χ4n) is 2.78. The Bertz CT molecular complexity index is 434. The molecular weight excluding hydrogens is 256 g/mol. The average molecular weight is 278 g/mol. The Kier molecular flexibility index (Phi) is 4.89. The van der Waals surface area contributed by atoms with Crippen molar-refractivity contribution in [3.63, 3.8) is 0 Å². The van der Waals surface area contributed by atoms with Crippen LogP contribution in [0, 0.1) is 5.92 Å². The van der Waals surface area contributed by atoms with Crippen LogP contribution in [0.3, 0.4) is 0 Å². The molecule has 20 heavy (non-hydrogen) atoms. The lowest BCUT2D eigenvalue weighted by Gasteiger charge is -2.39. The zero-order valence-corrected chi connectivity index (χ0v) is 11.8. The van der Waals surface area contributed by atoms with Gasteiger partial charge in [-0.3, -0.25) is 5.32 Å². The average Bonchev–Trinajstić information content (AvgIpc) is 2.49. The van der Waals surface area contributed by atoms with E-state index in [9.17, 15) is 9.90 Å². The molecule has 1 aromatic heterocycles.